The number of aromatic nitrogens is 2. The minimum atomic E-state index is 0.0772. The van der Waals surface area contributed by atoms with Crippen molar-refractivity contribution in [2.75, 3.05) is 5.32 Å². The highest BCUT2D eigenvalue weighted by Crippen LogP contribution is 2.31. The maximum absolute atomic E-state index is 11.6. The summed E-state index contributed by atoms with van der Waals surface area (Å²) in [6.07, 6.45) is 4.18. The molecule has 0 spiro atoms. The summed E-state index contributed by atoms with van der Waals surface area (Å²) in [5.74, 6) is 0.0772. The molecule has 1 aliphatic heterocycles. The van der Waals surface area contributed by atoms with Gasteiger partial charge in [-0.1, -0.05) is 25.6 Å². The van der Waals surface area contributed by atoms with Gasteiger partial charge < -0.3 is 9.72 Å². The van der Waals surface area contributed by atoms with Gasteiger partial charge in [-0.05, 0) is 48.2 Å². The van der Waals surface area contributed by atoms with Gasteiger partial charge in [-0.15, -0.1) is 5.73 Å². The van der Waals surface area contributed by atoms with Crippen LogP contribution in [-0.4, -0.2) is 15.3 Å². The zero-order valence-corrected chi connectivity index (χ0v) is 14.2. The number of carbonyl (C=O) groups excluding carboxylic acids is 1. The van der Waals surface area contributed by atoms with Crippen molar-refractivity contribution in [1.29, 1.82) is 0 Å². The normalized spacial score (nSPS) is 13.2. The Bertz CT molecular complexity index is 1040. The Morgan fingerprint density at radius 1 is 1.32 bits per heavy atom. The van der Waals surface area contributed by atoms with Crippen LogP contribution in [0.15, 0.2) is 54.9 Å². The maximum Gasteiger partial charge on any atom is 0.224 e. The second-order valence-corrected chi connectivity index (χ2v) is 6.16. The summed E-state index contributed by atoms with van der Waals surface area (Å²) < 4.78 is 2.12. The van der Waals surface area contributed by atoms with E-state index in [4.69, 9.17) is 4.98 Å². The molecule has 0 radical (unpaired) electrons. The molecule has 25 heavy (non-hydrogen) atoms. The summed E-state index contributed by atoms with van der Waals surface area (Å²) in [5, 5.41) is 2.92. The van der Waals surface area contributed by atoms with Crippen LogP contribution in [0.1, 0.15) is 35.9 Å². The minimum absolute atomic E-state index is 0.0772. The fourth-order valence-corrected chi connectivity index (χ4v) is 3.45. The van der Waals surface area contributed by atoms with Gasteiger partial charge in [-0.2, -0.15) is 0 Å². The van der Waals surface area contributed by atoms with E-state index in [9.17, 15) is 4.79 Å². The van der Waals surface area contributed by atoms with Gasteiger partial charge in [0, 0.05) is 18.3 Å². The zero-order valence-electron chi connectivity index (χ0n) is 14.2. The third-order valence-electron chi connectivity index (χ3n) is 4.67. The van der Waals surface area contributed by atoms with Gasteiger partial charge in [0.25, 0.3) is 0 Å². The highest BCUT2D eigenvalue weighted by atomic mass is 16.1. The Balaban J connectivity index is 1.85. The zero-order chi connectivity index (χ0) is 17.4. The second-order valence-electron chi connectivity index (χ2n) is 6.16. The number of fused-ring (bicyclic) bond motifs is 2. The summed E-state index contributed by atoms with van der Waals surface area (Å²) in [6.45, 7) is 6.03. The minimum Gasteiger partial charge on any atom is -0.326 e. The van der Waals surface area contributed by atoms with E-state index in [1.54, 1.807) is 0 Å². The van der Waals surface area contributed by atoms with Gasteiger partial charge in [-0.25, -0.2) is 4.98 Å². The first kappa shape index (κ1) is 15.4. The number of nitrogens with one attached hydrogen (secondary N) is 1. The summed E-state index contributed by atoms with van der Waals surface area (Å²) in [4.78, 5) is 16.4. The Morgan fingerprint density at radius 3 is 3.00 bits per heavy atom. The fourth-order valence-electron chi connectivity index (χ4n) is 3.45. The summed E-state index contributed by atoms with van der Waals surface area (Å²) in [7, 11) is 0. The molecule has 3 aromatic rings. The van der Waals surface area contributed by atoms with Crippen molar-refractivity contribution in [3.63, 3.8) is 0 Å². The van der Waals surface area contributed by atoms with Crippen LogP contribution in [0.3, 0.4) is 0 Å². The molecule has 1 aromatic carbocycles. The molecule has 1 N–H and O–H groups in total. The number of pyridine rings is 1. The topological polar surface area (TPSA) is 46.4 Å². The van der Waals surface area contributed by atoms with Crippen molar-refractivity contribution >= 4 is 22.8 Å². The summed E-state index contributed by atoms with van der Waals surface area (Å²) in [6, 6.07) is 12.1. The van der Waals surface area contributed by atoms with E-state index in [2.05, 4.69) is 35.0 Å². The molecule has 1 amide bonds. The molecule has 0 saturated carbocycles. The van der Waals surface area contributed by atoms with E-state index in [1.807, 2.05) is 36.5 Å². The van der Waals surface area contributed by atoms with Crippen molar-refractivity contribution in [2.24, 2.45) is 0 Å². The standard InChI is InChI=1S/C21H19N3O/c1-3-16(14-8-10-17-15(13-14)9-11-20(25)22-17)21-18(4-2)24-12-6-5-7-19(24)23-21/h5-8,10,12-13H,1,4,9,11H2,2H3,(H,22,25). The molecule has 4 rings (SSSR count). The Kier molecular flexibility index (Phi) is 3.75. The average Bonchev–Trinajstić information content (AvgIpc) is 3.00. The number of imidazole rings is 1. The number of carbonyl (C=O) groups is 1. The number of rotatable bonds is 3. The highest BCUT2D eigenvalue weighted by molar-refractivity contribution is 5.94. The van der Waals surface area contributed by atoms with Gasteiger partial charge in [0.1, 0.15) is 11.3 Å². The van der Waals surface area contributed by atoms with Crippen LogP contribution in [0.5, 0.6) is 0 Å². The lowest BCUT2D eigenvalue weighted by Crippen LogP contribution is -2.18. The van der Waals surface area contributed by atoms with Crippen molar-refractivity contribution < 1.29 is 4.79 Å². The Morgan fingerprint density at radius 2 is 2.20 bits per heavy atom. The monoisotopic (exact) mass is 329 g/mol. The second kappa shape index (κ2) is 6.08. The summed E-state index contributed by atoms with van der Waals surface area (Å²) in [5.41, 5.74) is 10.1. The first-order valence-corrected chi connectivity index (χ1v) is 8.50. The number of benzene rings is 1. The molecular weight excluding hydrogens is 310 g/mol. The van der Waals surface area contributed by atoms with E-state index in [1.165, 1.54) is 0 Å². The molecular formula is C21H19N3O. The SMILES string of the molecule is C=C=C(c1ccc2c(c1)CCC(=O)N2)c1nc2ccccn2c1CC. The van der Waals surface area contributed by atoms with Crippen LogP contribution < -0.4 is 5.32 Å². The third kappa shape index (κ3) is 2.57. The number of nitrogens with zero attached hydrogens (tertiary/aromatic N) is 2. The predicted octanol–water partition coefficient (Wildman–Crippen LogP) is 4.00. The molecule has 0 unspecified atom stereocenters. The van der Waals surface area contributed by atoms with Crippen molar-refractivity contribution in [3.8, 4) is 0 Å². The lowest BCUT2D eigenvalue weighted by Gasteiger charge is -2.18. The van der Waals surface area contributed by atoms with Crippen LogP contribution in [-0.2, 0) is 17.6 Å². The molecule has 4 nitrogen and oxygen atoms in total. The smallest absolute Gasteiger partial charge is 0.224 e. The third-order valence-corrected chi connectivity index (χ3v) is 4.67. The van der Waals surface area contributed by atoms with Crippen LogP contribution in [0.4, 0.5) is 5.69 Å². The molecule has 0 atom stereocenters. The number of anilines is 1. The molecule has 0 aliphatic carbocycles. The average molecular weight is 329 g/mol. The molecule has 1 aliphatic rings. The molecule has 2 aromatic heterocycles. The molecule has 0 bridgehead atoms. The van der Waals surface area contributed by atoms with Gasteiger partial charge >= 0.3 is 0 Å². The van der Waals surface area contributed by atoms with Crippen molar-refractivity contribution in [2.45, 2.75) is 26.2 Å². The van der Waals surface area contributed by atoms with Crippen LogP contribution in [0.2, 0.25) is 0 Å². The quantitative estimate of drug-likeness (QED) is 0.738. The molecule has 124 valence electrons. The van der Waals surface area contributed by atoms with Gasteiger partial charge in [0.15, 0.2) is 0 Å². The Labute approximate surface area is 146 Å². The number of amides is 1. The van der Waals surface area contributed by atoms with Crippen LogP contribution in [0.25, 0.3) is 11.2 Å². The van der Waals surface area contributed by atoms with Crippen LogP contribution in [0, 0.1) is 0 Å². The van der Waals surface area contributed by atoms with E-state index < -0.39 is 0 Å². The first-order valence-electron chi connectivity index (χ1n) is 8.50. The van der Waals surface area contributed by atoms with Gasteiger partial charge in [0.05, 0.1) is 11.3 Å². The van der Waals surface area contributed by atoms with Crippen LogP contribution >= 0.6 is 0 Å². The summed E-state index contributed by atoms with van der Waals surface area (Å²) >= 11 is 0. The predicted molar refractivity (Wildman–Crippen MR) is 99.6 cm³/mol. The molecule has 3 heterocycles. The van der Waals surface area contributed by atoms with E-state index in [0.29, 0.717) is 6.42 Å². The van der Waals surface area contributed by atoms with E-state index in [-0.39, 0.29) is 5.91 Å². The van der Waals surface area contributed by atoms with Gasteiger partial charge in [-0.3, -0.25) is 4.79 Å². The maximum atomic E-state index is 11.6. The molecule has 0 fully saturated rings. The number of hydrogen-bond donors (Lipinski definition) is 1. The van der Waals surface area contributed by atoms with Crippen molar-refractivity contribution in [3.05, 3.63) is 77.4 Å². The molecule has 0 saturated heterocycles. The lowest BCUT2D eigenvalue weighted by atomic mass is 9.95. The largest absolute Gasteiger partial charge is 0.326 e. The lowest BCUT2D eigenvalue weighted by molar-refractivity contribution is -0.116. The molecule has 4 heteroatoms. The fraction of sp³-hybridized carbons (Fsp3) is 0.190. The Hall–Kier alpha value is -3.10. The van der Waals surface area contributed by atoms with Gasteiger partial charge in [0.2, 0.25) is 5.91 Å². The first-order chi connectivity index (χ1) is 12.2. The van der Waals surface area contributed by atoms with E-state index in [0.717, 1.165) is 52.3 Å². The number of hydrogen-bond acceptors (Lipinski definition) is 2. The number of aryl methyl sites for hydroxylation is 2. The highest BCUT2D eigenvalue weighted by Gasteiger charge is 2.19. The van der Waals surface area contributed by atoms with E-state index >= 15 is 0 Å². The van der Waals surface area contributed by atoms with Crippen molar-refractivity contribution in [1.82, 2.24) is 9.38 Å².